The van der Waals surface area contributed by atoms with Crippen LogP contribution in [0.15, 0.2) is 0 Å². The average Bonchev–Trinajstić information content (AvgIpc) is 2.97. The van der Waals surface area contributed by atoms with E-state index in [0.717, 1.165) is 56.5 Å². The van der Waals surface area contributed by atoms with Gasteiger partial charge in [0.05, 0.1) is 13.2 Å². The molecule has 2 aliphatic carbocycles. The first kappa shape index (κ1) is 42.9. The summed E-state index contributed by atoms with van der Waals surface area (Å²) in [4.78, 5) is 0. The van der Waals surface area contributed by atoms with Gasteiger partial charge in [-0.2, -0.15) is 0 Å². The van der Waals surface area contributed by atoms with Crippen molar-refractivity contribution in [1.82, 2.24) is 0 Å². The van der Waals surface area contributed by atoms with Crippen LogP contribution in [0.2, 0.25) is 0 Å². The molecule has 0 bridgehead atoms. The van der Waals surface area contributed by atoms with E-state index in [0.29, 0.717) is 22.2 Å². The Morgan fingerprint density at radius 2 is 0.956 bits per heavy atom. The maximum Gasteiger partial charge on any atom is 0.160 e. The largest absolute Gasteiger partial charge is 0.381 e. The Bertz CT molecular complexity index is 673. The Kier molecular flexibility index (Phi) is 19.5. The molecule has 0 aromatic heterocycles. The Balaban J connectivity index is 0.000000301. The van der Waals surface area contributed by atoms with Crippen LogP contribution in [0.1, 0.15) is 187 Å². The SMILES string of the molecule is CC(C)(C)C1CCOCC1.CC(C)(C)CC1CCCCC1.CC(C1CCCCC1)C(C)(C)C.CC(C1OCCCO1)C(C)(C)C. The molecule has 3 heteroatoms. The van der Waals surface area contributed by atoms with Crippen LogP contribution in [-0.4, -0.2) is 32.7 Å². The number of hydrogen-bond acceptors (Lipinski definition) is 3. The molecule has 4 rings (SSSR count). The van der Waals surface area contributed by atoms with Gasteiger partial charge in [0.25, 0.3) is 0 Å². The van der Waals surface area contributed by atoms with E-state index in [-0.39, 0.29) is 11.7 Å². The number of hydrogen-bond donors (Lipinski definition) is 0. The third-order valence-electron chi connectivity index (χ3n) is 11.4. The molecule has 4 aliphatic rings. The molecule has 3 nitrogen and oxygen atoms in total. The summed E-state index contributed by atoms with van der Waals surface area (Å²) in [6, 6.07) is 0. The normalized spacial score (nSPS) is 23.3. The molecule has 270 valence electrons. The fourth-order valence-electron chi connectivity index (χ4n) is 7.37. The van der Waals surface area contributed by atoms with Crippen LogP contribution in [0, 0.1) is 51.2 Å². The van der Waals surface area contributed by atoms with Crippen molar-refractivity contribution < 1.29 is 14.2 Å². The third kappa shape index (κ3) is 19.5. The molecule has 2 saturated carbocycles. The van der Waals surface area contributed by atoms with Gasteiger partial charge in [-0.25, -0.2) is 0 Å². The van der Waals surface area contributed by atoms with Gasteiger partial charge in [-0.3, -0.25) is 0 Å². The third-order valence-corrected chi connectivity index (χ3v) is 11.4. The van der Waals surface area contributed by atoms with E-state index in [1.165, 1.54) is 83.5 Å². The van der Waals surface area contributed by atoms with Crippen LogP contribution in [0.4, 0.5) is 0 Å². The second-order valence-corrected chi connectivity index (χ2v) is 19.7. The first-order valence-corrected chi connectivity index (χ1v) is 19.5. The second kappa shape index (κ2) is 20.4. The first-order chi connectivity index (χ1) is 20.7. The first-order valence-electron chi connectivity index (χ1n) is 19.5. The smallest absolute Gasteiger partial charge is 0.160 e. The maximum absolute atomic E-state index is 5.54. The van der Waals surface area contributed by atoms with Crippen LogP contribution in [-0.2, 0) is 14.2 Å². The lowest BCUT2D eigenvalue weighted by molar-refractivity contribution is -0.216. The molecule has 0 aromatic rings. The molecule has 0 aromatic carbocycles. The van der Waals surface area contributed by atoms with Crippen LogP contribution in [0.25, 0.3) is 0 Å². The molecule has 2 unspecified atom stereocenters. The molecule has 2 aliphatic heterocycles. The van der Waals surface area contributed by atoms with Crippen LogP contribution >= 0.6 is 0 Å². The van der Waals surface area contributed by atoms with E-state index < -0.39 is 0 Å². The van der Waals surface area contributed by atoms with Crippen molar-refractivity contribution in [1.29, 1.82) is 0 Å². The summed E-state index contributed by atoms with van der Waals surface area (Å²) in [5, 5.41) is 0. The minimum atomic E-state index is 0.0127. The van der Waals surface area contributed by atoms with Gasteiger partial charge in [-0.05, 0) is 71.0 Å². The molecule has 2 atom stereocenters. The van der Waals surface area contributed by atoms with Crippen molar-refractivity contribution in [2.45, 2.75) is 193 Å². The summed E-state index contributed by atoms with van der Waals surface area (Å²) in [6.45, 7) is 36.1. The molecule has 0 spiro atoms. The summed E-state index contributed by atoms with van der Waals surface area (Å²) < 4.78 is 16.4. The summed E-state index contributed by atoms with van der Waals surface area (Å²) in [5.74, 6) is 4.29. The van der Waals surface area contributed by atoms with E-state index in [9.17, 15) is 0 Å². The predicted molar refractivity (Wildman–Crippen MR) is 198 cm³/mol. The molecule has 45 heavy (non-hydrogen) atoms. The van der Waals surface area contributed by atoms with Gasteiger partial charge < -0.3 is 14.2 Å². The van der Waals surface area contributed by atoms with Crippen LogP contribution < -0.4 is 0 Å². The van der Waals surface area contributed by atoms with E-state index >= 15 is 0 Å². The summed E-state index contributed by atoms with van der Waals surface area (Å²) in [6.07, 6.45) is 19.9. The average molecular weight is 637 g/mol. The number of rotatable bonds is 3. The molecule has 2 heterocycles. The van der Waals surface area contributed by atoms with Gasteiger partial charge in [0.1, 0.15) is 0 Å². The van der Waals surface area contributed by atoms with Gasteiger partial charge in [-0.15, -0.1) is 0 Å². The second-order valence-electron chi connectivity index (χ2n) is 19.7. The minimum absolute atomic E-state index is 0.0127. The fourth-order valence-corrected chi connectivity index (χ4v) is 7.37. The Hall–Kier alpha value is -0.120. The van der Waals surface area contributed by atoms with E-state index in [2.05, 4.69) is 96.9 Å². The zero-order valence-corrected chi connectivity index (χ0v) is 33.4. The van der Waals surface area contributed by atoms with Gasteiger partial charge in [0, 0.05) is 19.1 Å². The van der Waals surface area contributed by atoms with Crippen molar-refractivity contribution >= 4 is 0 Å². The molecular weight excluding hydrogens is 552 g/mol. The number of ether oxygens (including phenoxy) is 3. The topological polar surface area (TPSA) is 27.7 Å². The maximum atomic E-state index is 5.54. The Labute approximate surface area is 284 Å². The van der Waals surface area contributed by atoms with Gasteiger partial charge in [0.2, 0.25) is 0 Å². The highest BCUT2D eigenvalue weighted by atomic mass is 16.7. The molecule has 0 N–H and O–H groups in total. The Morgan fingerprint density at radius 3 is 1.33 bits per heavy atom. The summed E-state index contributed by atoms with van der Waals surface area (Å²) >= 11 is 0. The lowest BCUT2D eigenvalue weighted by atomic mass is 9.69. The Morgan fingerprint density at radius 1 is 0.511 bits per heavy atom. The fraction of sp³-hybridized carbons (Fsp3) is 1.00. The van der Waals surface area contributed by atoms with Crippen LogP contribution in [0.3, 0.4) is 0 Å². The molecule has 0 amide bonds. The van der Waals surface area contributed by atoms with E-state index in [1.807, 2.05) is 0 Å². The predicted octanol–water partition coefficient (Wildman–Crippen LogP) is 13.1. The van der Waals surface area contributed by atoms with Gasteiger partial charge in [-0.1, -0.05) is 161 Å². The summed E-state index contributed by atoms with van der Waals surface area (Å²) in [5.41, 5.74) is 1.83. The summed E-state index contributed by atoms with van der Waals surface area (Å²) in [7, 11) is 0. The van der Waals surface area contributed by atoms with Crippen molar-refractivity contribution in [2.24, 2.45) is 51.2 Å². The van der Waals surface area contributed by atoms with Crippen molar-refractivity contribution in [3.05, 3.63) is 0 Å². The molecule has 2 saturated heterocycles. The van der Waals surface area contributed by atoms with Crippen LogP contribution in [0.5, 0.6) is 0 Å². The molecule has 0 radical (unpaired) electrons. The molecule has 4 fully saturated rings. The highest BCUT2D eigenvalue weighted by molar-refractivity contribution is 4.79. The van der Waals surface area contributed by atoms with Crippen molar-refractivity contribution in [2.75, 3.05) is 26.4 Å². The highest BCUT2D eigenvalue weighted by Gasteiger charge is 2.31. The van der Waals surface area contributed by atoms with Gasteiger partial charge >= 0.3 is 0 Å². The molecular formula is C42H84O3. The lowest BCUT2D eigenvalue weighted by Gasteiger charge is -2.36. The van der Waals surface area contributed by atoms with Crippen molar-refractivity contribution in [3.8, 4) is 0 Å². The van der Waals surface area contributed by atoms with Crippen molar-refractivity contribution in [3.63, 3.8) is 0 Å². The standard InChI is InChI=1S/C12H24.C11H22.C10H20O2.C9H18O/c1-10(12(2,3)4)11-8-6-5-7-9-11;1-11(2,3)9-10-7-5-4-6-8-10;1-8(10(2,3)4)9-11-6-5-7-12-9;1-9(2,3)8-4-6-10-7-5-8/h10-11H,5-9H2,1-4H3;10H,4-9H2,1-3H3;8-9H,5-7H2,1-4H3;8H,4-7H2,1-3H3. The lowest BCUT2D eigenvalue weighted by Crippen LogP contribution is -2.37. The minimum Gasteiger partial charge on any atom is -0.381 e. The van der Waals surface area contributed by atoms with E-state index in [1.54, 1.807) is 0 Å². The monoisotopic (exact) mass is 637 g/mol. The van der Waals surface area contributed by atoms with Gasteiger partial charge in [0.15, 0.2) is 6.29 Å². The zero-order chi connectivity index (χ0) is 34.3. The highest BCUT2D eigenvalue weighted by Crippen LogP contribution is 2.39. The quantitative estimate of drug-likeness (QED) is 0.308. The zero-order valence-electron chi connectivity index (χ0n) is 33.4. The van der Waals surface area contributed by atoms with E-state index in [4.69, 9.17) is 14.2 Å².